The second kappa shape index (κ2) is 6.89. The lowest BCUT2D eigenvalue weighted by molar-refractivity contribution is 0.186. The monoisotopic (exact) mass is 309 g/mol. The van der Waals surface area contributed by atoms with E-state index in [9.17, 15) is 9.59 Å². The van der Waals surface area contributed by atoms with Gasteiger partial charge in [-0.15, -0.1) is 0 Å². The highest BCUT2D eigenvalue weighted by Crippen LogP contribution is 2.11. The highest BCUT2D eigenvalue weighted by atomic mass is 16.5. The fraction of sp³-hybridized carbons (Fsp3) is 0.643. The molecule has 0 atom stereocenters. The maximum atomic E-state index is 12.7. The zero-order chi connectivity index (χ0) is 16.3. The molecule has 0 radical (unpaired) electrons. The largest absolute Gasteiger partial charge is 0.383 e. The number of hydrogen-bond donors (Lipinski definition) is 1. The van der Waals surface area contributed by atoms with Crippen LogP contribution in [-0.2, 0) is 24.4 Å². The van der Waals surface area contributed by atoms with Gasteiger partial charge in [-0.05, 0) is 26.8 Å². The Hall–Kier alpha value is -1.93. The van der Waals surface area contributed by atoms with Gasteiger partial charge in [0.1, 0.15) is 5.82 Å². The van der Waals surface area contributed by atoms with Crippen LogP contribution in [0, 0.1) is 6.92 Å². The van der Waals surface area contributed by atoms with E-state index in [1.807, 2.05) is 18.4 Å². The van der Waals surface area contributed by atoms with E-state index in [4.69, 9.17) is 10.5 Å². The van der Waals surface area contributed by atoms with E-state index in [-0.39, 0.29) is 11.2 Å². The molecule has 8 heteroatoms. The molecule has 0 saturated heterocycles. The third kappa shape index (κ3) is 2.71. The van der Waals surface area contributed by atoms with Crippen molar-refractivity contribution in [1.82, 2.24) is 18.7 Å². The van der Waals surface area contributed by atoms with Crippen LogP contribution in [0.25, 0.3) is 11.2 Å². The molecule has 0 amide bonds. The van der Waals surface area contributed by atoms with Gasteiger partial charge in [0, 0.05) is 20.2 Å². The number of rotatable bonds is 7. The third-order valence-corrected chi connectivity index (χ3v) is 3.73. The van der Waals surface area contributed by atoms with Crippen molar-refractivity contribution in [2.75, 3.05) is 20.3 Å². The van der Waals surface area contributed by atoms with Crippen LogP contribution in [0.2, 0.25) is 0 Å². The summed E-state index contributed by atoms with van der Waals surface area (Å²) in [4.78, 5) is 29.7. The van der Waals surface area contributed by atoms with Crippen molar-refractivity contribution in [3.8, 4) is 0 Å². The third-order valence-electron chi connectivity index (χ3n) is 3.73. The van der Waals surface area contributed by atoms with Gasteiger partial charge in [-0.1, -0.05) is 0 Å². The van der Waals surface area contributed by atoms with Crippen LogP contribution in [-0.4, -0.2) is 38.9 Å². The number of aromatic nitrogens is 4. The summed E-state index contributed by atoms with van der Waals surface area (Å²) >= 11 is 0. The maximum Gasteiger partial charge on any atom is 0.332 e. The fourth-order valence-corrected chi connectivity index (χ4v) is 2.62. The van der Waals surface area contributed by atoms with Gasteiger partial charge in [0.05, 0.1) is 13.2 Å². The number of ether oxygens (including phenoxy) is 1. The number of imidazole rings is 1. The summed E-state index contributed by atoms with van der Waals surface area (Å²) in [5.74, 6) is 0.719. The average molecular weight is 309 g/mol. The number of methoxy groups -OCH3 is 1. The Morgan fingerprint density at radius 3 is 2.50 bits per heavy atom. The molecule has 0 bridgehead atoms. The summed E-state index contributed by atoms with van der Waals surface area (Å²) in [6.07, 6.45) is 0.574. The Balaban J connectivity index is 2.79. The summed E-state index contributed by atoms with van der Waals surface area (Å²) in [6.45, 7) is 5.87. The Labute approximate surface area is 128 Å². The number of nitrogens with zero attached hydrogens (tertiary/aromatic N) is 4. The lowest BCUT2D eigenvalue weighted by atomic mass is 10.4. The minimum atomic E-state index is -0.358. The van der Waals surface area contributed by atoms with Gasteiger partial charge < -0.3 is 15.0 Å². The molecule has 0 aliphatic rings. The van der Waals surface area contributed by atoms with E-state index in [1.165, 1.54) is 9.13 Å². The smallest absolute Gasteiger partial charge is 0.332 e. The van der Waals surface area contributed by atoms with Crippen LogP contribution in [0.3, 0.4) is 0 Å². The summed E-state index contributed by atoms with van der Waals surface area (Å²) in [7, 11) is 1.57. The van der Waals surface area contributed by atoms with Crippen LogP contribution >= 0.6 is 0 Å². The average Bonchev–Trinajstić information content (AvgIpc) is 2.83. The fourth-order valence-electron chi connectivity index (χ4n) is 2.62. The number of fused-ring (bicyclic) bond motifs is 1. The minimum Gasteiger partial charge on any atom is -0.383 e. The molecule has 0 saturated carbocycles. The topological polar surface area (TPSA) is 97.1 Å². The molecule has 2 N–H and O–H groups in total. The van der Waals surface area contributed by atoms with Gasteiger partial charge in [-0.25, -0.2) is 9.78 Å². The Kier molecular flexibility index (Phi) is 5.15. The first kappa shape index (κ1) is 16.4. The zero-order valence-corrected chi connectivity index (χ0v) is 13.3. The van der Waals surface area contributed by atoms with Crippen molar-refractivity contribution < 1.29 is 4.74 Å². The maximum absolute atomic E-state index is 12.7. The first-order valence-corrected chi connectivity index (χ1v) is 7.46. The zero-order valence-electron chi connectivity index (χ0n) is 13.3. The molecule has 2 aromatic heterocycles. The molecular weight excluding hydrogens is 286 g/mol. The lowest BCUT2D eigenvalue weighted by Crippen LogP contribution is -2.41. The predicted molar refractivity (Wildman–Crippen MR) is 84.2 cm³/mol. The SMILES string of the molecule is CCn1c(C)nc2c1c(=O)n(CCCN)c(=O)n2CCOC. The number of nitrogens with two attached hydrogens (primary N) is 1. The van der Waals surface area contributed by atoms with Gasteiger partial charge >= 0.3 is 5.69 Å². The minimum absolute atomic E-state index is 0.301. The molecule has 0 aromatic carbocycles. The summed E-state index contributed by atoms with van der Waals surface area (Å²) in [6, 6.07) is 0. The molecule has 122 valence electrons. The number of aryl methyl sites for hydroxylation is 2. The van der Waals surface area contributed by atoms with Crippen molar-refractivity contribution in [2.24, 2.45) is 5.73 Å². The quantitative estimate of drug-likeness (QED) is 0.756. The van der Waals surface area contributed by atoms with E-state index >= 15 is 0 Å². The van der Waals surface area contributed by atoms with E-state index in [1.54, 1.807) is 7.11 Å². The van der Waals surface area contributed by atoms with Crippen molar-refractivity contribution in [2.45, 2.75) is 39.9 Å². The summed E-state index contributed by atoms with van der Waals surface area (Å²) in [5.41, 5.74) is 5.74. The van der Waals surface area contributed by atoms with Gasteiger partial charge in [-0.3, -0.25) is 13.9 Å². The predicted octanol–water partition coefficient (Wildman–Crippen LogP) is -0.317. The highest BCUT2D eigenvalue weighted by molar-refractivity contribution is 5.71. The Morgan fingerprint density at radius 1 is 1.18 bits per heavy atom. The Morgan fingerprint density at radius 2 is 1.91 bits per heavy atom. The molecule has 0 spiro atoms. The lowest BCUT2D eigenvalue weighted by Gasteiger charge is -2.11. The molecule has 0 aliphatic carbocycles. The Bertz CT molecular complexity index is 771. The molecule has 2 heterocycles. The van der Waals surface area contributed by atoms with Gasteiger partial charge in [0.2, 0.25) is 0 Å². The van der Waals surface area contributed by atoms with Gasteiger partial charge in [-0.2, -0.15) is 0 Å². The normalized spacial score (nSPS) is 11.5. The van der Waals surface area contributed by atoms with Crippen LogP contribution < -0.4 is 17.0 Å². The van der Waals surface area contributed by atoms with Crippen molar-refractivity contribution >= 4 is 11.2 Å². The van der Waals surface area contributed by atoms with Crippen LogP contribution in [0.5, 0.6) is 0 Å². The van der Waals surface area contributed by atoms with Crippen LogP contribution in [0.15, 0.2) is 9.59 Å². The second-order valence-corrected chi connectivity index (χ2v) is 5.10. The van der Waals surface area contributed by atoms with Crippen molar-refractivity contribution in [3.05, 3.63) is 26.7 Å². The molecule has 2 aromatic rings. The second-order valence-electron chi connectivity index (χ2n) is 5.10. The van der Waals surface area contributed by atoms with Crippen LogP contribution in [0.4, 0.5) is 0 Å². The van der Waals surface area contributed by atoms with Crippen molar-refractivity contribution in [3.63, 3.8) is 0 Å². The molecular formula is C14H23N5O3. The molecule has 0 fully saturated rings. The molecule has 0 unspecified atom stereocenters. The van der Waals surface area contributed by atoms with Crippen molar-refractivity contribution in [1.29, 1.82) is 0 Å². The van der Waals surface area contributed by atoms with Gasteiger partial charge in [0.15, 0.2) is 11.2 Å². The van der Waals surface area contributed by atoms with Crippen LogP contribution in [0.1, 0.15) is 19.2 Å². The van der Waals surface area contributed by atoms with E-state index in [0.29, 0.717) is 50.4 Å². The standard InChI is InChI=1S/C14H23N5O3/c1-4-17-10(2)16-12-11(17)13(20)19(7-5-6-15)14(21)18(12)8-9-22-3/h4-9,15H2,1-3H3. The van der Waals surface area contributed by atoms with E-state index in [0.717, 1.165) is 5.82 Å². The molecule has 0 aliphatic heterocycles. The number of hydrogen-bond acceptors (Lipinski definition) is 5. The van der Waals surface area contributed by atoms with E-state index < -0.39 is 0 Å². The first-order chi connectivity index (χ1) is 10.6. The molecule has 8 nitrogen and oxygen atoms in total. The van der Waals surface area contributed by atoms with E-state index in [2.05, 4.69) is 4.98 Å². The highest BCUT2D eigenvalue weighted by Gasteiger charge is 2.19. The first-order valence-electron chi connectivity index (χ1n) is 7.46. The summed E-state index contributed by atoms with van der Waals surface area (Å²) in [5, 5.41) is 0. The molecule has 2 rings (SSSR count). The molecule has 22 heavy (non-hydrogen) atoms. The van der Waals surface area contributed by atoms with Gasteiger partial charge in [0.25, 0.3) is 5.56 Å². The summed E-state index contributed by atoms with van der Waals surface area (Å²) < 4.78 is 9.65.